The zero-order valence-electron chi connectivity index (χ0n) is 10.3. The molecular formula is C13H13N3O3. The minimum absolute atomic E-state index is 0.185. The van der Waals surface area contributed by atoms with Gasteiger partial charge in [-0.2, -0.15) is 10.2 Å². The number of nitrogens with one attached hydrogen (secondary N) is 1. The molecule has 2 rings (SSSR count). The first-order valence-corrected chi connectivity index (χ1v) is 5.62. The summed E-state index contributed by atoms with van der Waals surface area (Å²) in [4.78, 5) is 11.1. The molecule has 0 amide bonds. The first-order chi connectivity index (χ1) is 9.20. The number of rotatable bonds is 5. The lowest BCUT2D eigenvalue weighted by atomic mass is 10.1. The molecule has 0 spiro atoms. The number of carboxylic acids is 1. The zero-order valence-corrected chi connectivity index (χ0v) is 10.3. The van der Waals surface area contributed by atoms with Crippen LogP contribution in [0.5, 0.6) is 5.75 Å². The van der Waals surface area contributed by atoms with Crippen LogP contribution in [-0.2, 0) is 6.54 Å². The Balaban J connectivity index is 2.20. The fourth-order valence-corrected chi connectivity index (χ4v) is 1.60. The molecule has 0 aliphatic carbocycles. The standard InChI is InChI=1S/C13H13N3O3/c1-19-10-4-5-11(13(17)18)12(7-10)14-8-9-3-2-6-15-16-9/h2-7,14H,8H2,1H3,(H,17,18). The number of aromatic nitrogens is 2. The summed E-state index contributed by atoms with van der Waals surface area (Å²) < 4.78 is 5.08. The van der Waals surface area contributed by atoms with E-state index in [-0.39, 0.29) is 5.56 Å². The van der Waals surface area contributed by atoms with Crippen molar-refractivity contribution in [2.45, 2.75) is 6.54 Å². The van der Waals surface area contributed by atoms with Crippen molar-refractivity contribution in [2.75, 3.05) is 12.4 Å². The van der Waals surface area contributed by atoms with Gasteiger partial charge in [-0.15, -0.1) is 0 Å². The van der Waals surface area contributed by atoms with Crippen molar-refractivity contribution in [1.29, 1.82) is 0 Å². The van der Waals surface area contributed by atoms with Crippen molar-refractivity contribution >= 4 is 11.7 Å². The first kappa shape index (κ1) is 12.8. The Kier molecular flexibility index (Phi) is 3.92. The highest BCUT2D eigenvalue weighted by Crippen LogP contribution is 2.23. The molecule has 0 fully saturated rings. The molecule has 0 aliphatic heterocycles. The maximum Gasteiger partial charge on any atom is 0.337 e. The predicted molar refractivity (Wildman–Crippen MR) is 69.3 cm³/mol. The Morgan fingerprint density at radius 2 is 2.26 bits per heavy atom. The molecule has 1 aromatic heterocycles. The number of ether oxygens (including phenoxy) is 1. The van der Waals surface area contributed by atoms with Crippen molar-refractivity contribution in [3.8, 4) is 5.75 Å². The van der Waals surface area contributed by atoms with Crippen LogP contribution in [0.3, 0.4) is 0 Å². The lowest BCUT2D eigenvalue weighted by Crippen LogP contribution is -2.08. The molecule has 0 aliphatic rings. The first-order valence-electron chi connectivity index (χ1n) is 5.62. The van der Waals surface area contributed by atoms with Crippen molar-refractivity contribution in [3.05, 3.63) is 47.8 Å². The van der Waals surface area contributed by atoms with Gasteiger partial charge in [-0.1, -0.05) is 0 Å². The number of carbonyl (C=O) groups is 1. The third-order valence-electron chi connectivity index (χ3n) is 2.54. The highest BCUT2D eigenvalue weighted by atomic mass is 16.5. The Morgan fingerprint density at radius 1 is 1.42 bits per heavy atom. The van der Waals surface area contributed by atoms with Crippen LogP contribution in [0.25, 0.3) is 0 Å². The summed E-state index contributed by atoms with van der Waals surface area (Å²) in [6.07, 6.45) is 1.58. The van der Waals surface area contributed by atoms with E-state index in [9.17, 15) is 4.79 Å². The van der Waals surface area contributed by atoms with Crippen LogP contribution in [0.2, 0.25) is 0 Å². The molecule has 0 atom stereocenters. The predicted octanol–water partition coefficient (Wildman–Crippen LogP) is 1.80. The highest BCUT2D eigenvalue weighted by molar-refractivity contribution is 5.94. The lowest BCUT2D eigenvalue weighted by Gasteiger charge is -2.10. The second-order valence-electron chi connectivity index (χ2n) is 3.79. The summed E-state index contributed by atoms with van der Waals surface area (Å²) >= 11 is 0. The van der Waals surface area contributed by atoms with E-state index in [1.807, 2.05) is 0 Å². The topological polar surface area (TPSA) is 84.3 Å². The highest BCUT2D eigenvalue weighted by Gasteiger charge is 2.11. The van der Waals surface area contributed by atoms with E-state index in [1.165, 1.54) is 13.2 Å². The van der Waals surface area contributed by atoms with Gasteiger partial charge in [0.2, 0.25) is 0 Å². The van der Waals surface area contributed by atoms with Gasteiger partial charge in [-0.25, -0.2) is 4.79 Å². The fourth-order valence-electron chi connectivity index (χ4n) is 1.60. The monoisotopic (exact) mass is 259 g/mol. The smallest absolute Gasteiger partial charge is 0.337 e. The number of hydrogen-bond acceptors (Lipinski definition) is 5. The molecular weight excluding hydrogens is 246 g/mol. The lowest BCUT2D eigenvalue weighted by molar-refractivity contribution is 0.0698. The van der Waals surface area contributed by atoms with Crippen LogP contribution in [0.1, 0.15) is 16.1 Å². The zero-order chi connectivity index (χ0) is 13.7. The molecule has 2 N–H and O–H groups in total. The summed E-state index contributed by atoms with van der Waals surface area (Å²) in [5, 5.41) is 19.8. The summed E-state index contributed by atoms with van der Waals surface area (Å²) in [5.41, 5.74) is 1.39. The average molecular weight is 259 g/mol. The summed E-state index contributed by atoms with van der Waals surface area (Å²) in [5.74, 6) is -0.407. The maximum absolute atomic E-state index is 11.1. The van der Waals surface area contributed by atoms with Crippen LogP contribution in [0.4, 0.5) is 5.69 Å². The number of carboxylic acid groups (broad SMARTS) is 1. The third-order valence-corrected chi connectivity index (χ3v) is 2.54. The Hall–Kier alpha value is -2.63. The molecule has 6 heteroatoms. The van der Waals surface area contributed by atoms with Gasteiger partial charge in [-0.05, 0) is 24.3 Å². The van der Waals surface area contributed by atoms with E-state index < -0.39 is 5.97 Å². The number of aromatic carboxylic acids is 1. The average Bonchev–Trinajstić information content (AvgIpc) is 2.45. The van der Waals surface area contributed by atoms with Gasteiger partial charge < -0.3 is 15.2 Å². The van der Waals surface area contributed by atoms with Crippen LogP contribution in [0, 0.1) is 0 Å². The minimum Gasteiger partial charge on any atom is -0.497 e. The molecule has 19 heavy (non-hydrogen) atoms. The van der Waals surface area contributed by atoms with E-state index in [2.05, 4.69) is 15.5 Å². The van der Waals surface area contributed by atoms with E-state index in [1.54, 1.807) is 30.5 Å². The van der Waals surface area contributed by atoms with Crippen LogP contribution >= 0.6 is 0 Å². The maximum atomic E-state index is 11.1. The van der Waals surface area contributed by atoms with Crippen molar-refractivity contribution in [3.63, 3.8) is 0 Å². The molecule has 2 aromatic rings. The van der Waals surface area contributed by atoms with Crippen LogP contribution in [0.15, 0.2) is 36.5 Å². The molecule has 0 unspecified atom stereocenters. The van der Waals surface area contributed by atoms with E-state index in [0.29, 0.717) is 18.0 Å². The molecule has 6 nitrogen and oxygen atoms in total. The second kappa shape index (κ2) is 5.81. The fraction of sp³-hybridized carbons (Fsp3) is 0.154. The third kappa shape index (κ3) is 3.19. The van der Waals surface area contributed by atoms with Gasteiger partial charge in [0.1, 0.15) is 5.75 Å². The Bertz CT molecular complexity index is 573. The summed E-state index contributed by atoms with van der Waals surface area (Å²) in [6.45, 7) is 0.390. The number of hydrogen-bond donors (Lipinski definition) is 2. The SMILES string of the molecule is COc1ccc(C(=O)O)c(NCc2cccnn2)c1. The van der Waals surface area contributed by atoms with E-state index >= 15 is 0 Å². The van der Waals surface area contributed by atoms with Gasteiger partial charge in [0.25, 0.3) is 0 Å². The van der Waals surface area contributed by atoms with Gasteiger partial charge in [-0.3, -0.25) is 0 Å². The number of nitrogens with zero attached hydrogens (tertiary/aromatic N) is 2. The normalized spacial score (nSPS) is 9.95. The molecule has 0 radical (unpaired) electrons. The Labute approximate surface area is 110 Å². The van der Waals surface area contributed by atoms with Crippen LogP contribution in [-0.4, -0.2) is 28.4 Å². The molecule has 1 heterocycles. The van der Waals surface area contributed by atoms with Crippen molar-refractivity contribution in [1.82, 2.24) is 10.2 Å². The van der Waals surface area contributed by atoms with Gasteiger partial charge in [0.05, 0.1) is 30.6 Å². The summed E-state index contributed by atoms with van der Waals surface area (Å²) in [6, 6.07) is 8.32. The van der Waals surface area contributed by atoms with E-state index in [4.69, 9.17) is 9.84 Å². The quantitative estimate of drug-likeness (QED) is 0.851. The molecule has 98 valence electrons. The van der Waals surface area contributed by atoms with Crippen LogP contribution < -0.4 is 10.1 Å². The minimum atomic E-state index is -0.996. The molecule has 0 bridgehead atoms. The molecule has 0 saturated heterocycles. The Morgan fingerprint density at radius 3 is 2.89 bits per heavy atom. The number of anilines is 1. The number of methoxy groups -OCH3 is 1. The van der Waals surface area contributed by atoms with Gasteiger partial charge >= 0.3 is 5.97 Å². The van der Waals surface area contributed by atoms with E-state index in [0.717, 1.165) is 5.69 Å². The summed E-state index contributed by atoms with van der Waals surface area (Å²) in [7, 11) is 1.53. The second-order valence-corrected chi connectivity index (χ2v) is 3.79. The largest absolute Gasteiger partial charge is 0.497 e. The molecule has 1 aromatic carbocycles. The van der Waals surface area contributed by atoms with Gasteiger partial charge in [0, 0.05) is 12.3 Å². The van der Waals surface area contributed by atoms with Crippen molar-refractivity contribution in [2.24, 2.45) is 0 Å². The molecule has 0 saturated carbocycles. The van der Waals surface area contributed by atoms with Gasteiger partial charge in [0.15, 0.2) is 0 Å². The van der Waals surface area contributed by atoms with Crippen molar-refractivity contribution < 1.29 is 14.6 Å². The number of benzene rings is 1.